The Bertz CT molecular complexity index is 461. The number of nitrogens with one attached hydrogen (secondary N) is 1. The number of hydrogen-bond acceptors (Lipinski definition) is 3. The fourth-order valence-corrected chi connectivity index (χ4v) is 3.20. The van der Waals surface area contributed by atoms with Crippen molar-refractivity contribution in [2.24, 2.45) is 5.41 Å². The first-order chi connectivity index (χ1) is 9.45. The normalized spacial score (nSPS) is 19.1. The maximum absolute atomic E-state index is 14.4. The van der Waals surface area contributed by atoms with Gasteiger partial charge in [-0.15, -0.1) is 0 Å². The Labute approximate surface area is 128 Å². The van der Waals surface area contributed by atoms with Crippen LogP contribution in [0.25, 0.3) is 0 Å². The van der Waals surface area contributed by atoms with E-state index in [4.69, 9.17) is 0 Å². The summed E-state index contributed by atoms with van der Waals surface area (Å²) in [6.07, 6.45) is 0. The molecule has 1 atom stereocenters. The zero-order chi connectivity index (χ0) is 14.8. The summed E-state index contributed by atoms with van der Waals surface area (Å²) in [7, 11) is 0. The molecule has 1 saturated heterocycles. The van der Waals surface area contributed by atoms with Crippen molar-refractivity contribution < 1.29 is 9.50 Å². The van der Waals surface area contributed by atoms with Crippen LogP contribution in [0.2, 0.25) is 0 Å². The van der Waals surface area contributed by atoms with Crippen molar-refractivity contribution in [2.75, 3.05) is 32.8 Å². The van der Waals surface area contributed by atoms with Gasteiger partial charge in [-0.3, -0.25) is 4.90 Å². The third-order valence-electron chi connectivity index (χ3n) is 3.92. The van der Waals surface area contributed by atoms with E-state index in [0.717, 1.165) is 30.7 Å². The standard InChI is InChI=1S/C15H22BrFN2O/c1-15(2,10-20)14(19-7-5-18-6-8-19)12-4-3-11(16)9-13(12)17/h3-4,9,14,18,20H,5-8,10H2,1-2H3/t14-/m1/s1. The number of halogens is 2. The molecule has 1 aliphatic rings. The first-order valence-corrected chi connectivity index (χ1v) is 7.75. The Morgan fingerprint density at radius 2 is 2.05 bits per heavy atom. The van der Waals surface area contributed by atoms with Gasteiger partial charge in [0.1, 0.15) is 5.82 Å². The van der Waals surface area contributed by atoms with Crippen LogP contribution < -0.4 is 5.32 Å². The Kier molecular flexibility index (Phi) is 5.18. The minimum atomic E-state index is -0.397. The molecule has 0 saturated carbocycles. The minimum Gasteiger partial charge on any atom is -0.396 e. The van der Waals surface area contributed by atoms with E-state index in [1.54, 1.807) is 0 Å². The molecule has 5 heteroatoms. The summed E-state index contributed by atoms with van der Waals surface area (Å²) in [5.41, 5.74) is 0.264. The number of hydrogen-bond donors (Lipinski definition) is 2. The van der Waals surface area contributed by atoms with E-state index >= 15 is 0 Å². The molecular weight excluding hydrogens is 323 g/mol. The van der Waals surface area contributed by atoms with Crippen molar-refractivity contribution >= 4 is 15.9 Å². The lowest BCUT2D eigenvalue weighted by Gasteiger charge is -2.43. The highest BCUT2D eigenvalue weighted by Gasteiger charge is 2.37. The summed E-state index contributed by atoms with van der Waals surface area (Å²) in [6, 6.07) is 5.06. The number of aliphatic hydroxyl groups is 1. The van der Waals surface area contributed by atoms with Crippen molar-refractivity contribution in [3.8, 4) is 0 Å². The fraction of sp³-hybridized carbons (Fsp3) is 0.600. The van der Waals surface area contributed by atoms with Gasteiger partial charge in [0.2, 0.25) is 0 Å². The molecule has 112 valence electrons. The second kappa shape index (κ2) is 6.52. The van der Waals surface area contributed by atoms with Gasteiger partial charge in [0.15, 0.2) is 0 Å². The third kappa shape index (κ3) is 3.39. The Hall–Kier alpha value is -0.490. The molecule has 0 spiro atoms. The Balaban J connectivity index is 2.39. The lowest BCUT2D eigenvalue weighted by Crippen LogP contribution is -2.49. The molecule has 0 aliphatic carbocycles. The van der Waals surface area contributed by atoms with Crippen molar-refractivity contribution in [1.82, 2.24) is 10.2 Å². The maximum Gasteiger partial charge on any atom is 0.129 e. The molecule has 2 N–H and O–H groups in total. The number of nitrogens with zero attached hydrogens (tertiary/aromatic N) is 1. The van der Waals surface area contributed by atoms with E-state index in [1.807, 2.05) is 26.0 Å². The summed E-state index contributed by atoms with van der Waals surface area (Å²) < 4.78 is 15.1. The lowest BCUT2D eigenvalue weighted by molar-refractivity contribution is 0.0286. The summed E-state index contributed by atoms with van der Waals surface area (Å²) in [5, 5.41) is 13.0. The molecule has 1 heterocycles. The van der Waals surface area contributed by atoms with Crippen LogP contribution in [0.15, 0.2) is 22.7 Å². The number of piperazine rings is 1. The van der Waals surface area contributed by atoms with Crippen molar-refractivity contribution in [3.05, 3.63) is 34.1 Å². The highest BCUT2D eigenvalue weighted by atomic mass is 79.9. The molecule has 0 unspecified atom stereocenters. The Morgan fingerprint density at radius 1 is 1.40 bits per heavy atom. The number of aliphatic hydroxyl groups excluding tert-OH is 1. The molecule has 0 aromatic heterocycles. The zero-order valence-corrected chi connectivity index (χ0v) is 13.6. The van der Waals surface area contributed by atoms with Gasteiger partial charge in [-0.2, -0.15) is 0 Å². The van der Waals surface area contributed by atoms with Gasteiger partial charge in [0.05, 0.1) is 0 Å². The summed E-state index contributed by atoms with van der Waals surface area (Å²) >= 11 is 3.30. The van der Waals surface area contributed by atoms with E-state index in [2.05, 4.69) is 26.1 Å². The lowest BCUT2D eigenvalue weighted by atomic mass is 9.79. The van der Waals surface area contributed by atoms with E-state index < -0.39 is 5.41 Å². The highest BCUT2D eigenvalue weighted by Crippen LogP contribution is 2.39. The monoisotopic (exact) mass is 344 g/mol. The van der Waals surface area contributed by atoms with Gasteiger partial charge < -0.3 is 10.4 Å². The van der Waals surface area contributed by atoms with Gasteiger partial charge in [-0.25, -0.2) is 4.39 Å². The third-order valence-corrected chi connectivity index (χ3v) is 4.41. The zero-order valence-electron chi connectivity index (χ0n) is 12.0. The van der Waals surface area contributed by atoms with Crippen molar-refractivity contribution in [1.29, 1.82) is 0 Å². The predicted molar refractivity (Wildman–Crippen MR) is 82.2 cm³/mol. The topological polar surface area (TPSA) is 35.5 Å². The molecule has 20 heavy (non-hydrogen) atoms. The molecule has 1 fully saturated rings. The largest absolute Gasteiger partial charge is 0.396 e. The van der Waals surface area contributed by atoms with Crippen LogP contribution >= 0.6 is 15.9 Å². The molecular formula is C15H22BrFN2O. The number of rotatable bonds is 4. The quantitative estimate of drug-likeness (QED) is 0.881. The molecule has 0 radical (unpaired) electrons. The molecule has 1 aromatic rings. The smallest absolute Gasteiger partial charge is 0.129 e. The van der Waals surface area contributed by atoms with Gasteiger partial charge in [-0.05, 0) is 12.1 Å². The fourth-order valence-electron chi connectivity index (χ4n) is 2.86. The van der Waals surface area contributed by atoms with Crippen LogP contribution in [0, 0.1) is 11.2 Å². The van der Waals surface area contributed by atoms with E-state index in [1.165, 1.54) is 6.07 Å². The van der Waals surface area contributed by atoms with Crippen LogP contribution in [-0.2, 0) is 0 Å². The van der Waals surface area contributed by atoms with Crippen LogP contribution in [0.5, 0.6) is 0 Å². The first-order valence-electron chi connectivity index (χ1n) is 6.96. The molecule has 1 aromatic carbocycles. The second-order valence-corrected chi connectivity index (χ2v) is 6.92. The molecule has 1 aliphatic heterocycles. The average molecular weight is 345 g/mol. The van der Waals surface area contributed by atoms with Gasteiger partial charge in [0, 0.05) is 54.3 Å². The summed E-state index contributed by atoms with van der Waals surface area (Å²) in [5.74, 6) is -0.218. The second-order valence-electron chi connectivity index (χ2n) is 6.00. The average Bonchev–Trinajstić information content (AvgIpc) is 2.43. The Morgan fingerprint density at radius 3 is 2.60 bits per heavy atom. The first kappa shape index (κ1) is 15.9. The van der Waals surface area contributed by atoms with Crippen molar-refractivity contribution in [2.45, 2.75) is 19.9 Å². The van der Waals surface area contributed by atoms with Gasteiger partial charge >= 0.3 is 0 Å². The highest BCUT2D eigenvalue weighted by molar-refractivity contribution is 9.10. The van der Waals surface area contributed by atoms with Crippen LogP contribution in [0.1, 0.15) is 25.5 Å². The molecule has 3 nitrogen and oxygen atoms in total. The van der Waals surface area contributed by atoms with Crippen LogP contribution in [0.4, 0.5) is 4.39 Å². The van der Waals surface area contributed by atoms with E-state index in [9.17, 15) is 9.50 Å². The molecule has 2 rings (SSSR count). The van der Waals surface area contributed by atoms with E-state index in [-0.39, 0.29) is 18.5 Å². The van der Waals surface area contributed by atoms with Gasteiger partial charge in [-0.1, -0.05) is 35.8 Å². The maximum atomic E-state index is 14.4. The van der Waals surface area contributed by atoms with Gasteiger partial charge in [0.25, 0.3) is 0 Å². The van der Waals surface area contributed by atoms with Crippen LogP contribution in [-0.4, -0.2) is 42.8 Å². The minimum absolute atomic E-state index is 0.0249. The molecule has 0 amide bonds. The molecule has 0 bridgehead atoms. The SMILES string of the molecule is CC(C)(CO)[C@@H](c1ccc(Br)cc1F)N1CCNCC1. The van der Waals surface area contributed by atoms with Crippen LogP contribution in [0.3, 0.4) is 0 Å². The summed E-state index contributed by atoms with van der Waals surface area (Å²) in [6.45, 7) is 7.53. The summed E-state index contributed by atoms with van der Waals surface area (Å²) in [4.78, 5) is 2.26. The van der Waals surface area contributed by atoms with Crippen molar-refractivity contribution in [3.63, 3.8) is 0 Å². The number of benzene rings is 1. The predicted octanol–water partition coefficient (Wildman–Crippen LogP) is 2.55. The van der Waals surface area contributed by atoms with E-state index in [0.29, 0.717) is 5.56 Å².